The van der Waals surface area contributed by atoms with Crippen LogP contribution in [0.3, 0.4) is 0 Å². The van der Waals surface area contributed by atoms with Gasteiger partial charge in [-0.2, -0.15) is 13.2 Å². The Morgan fingerprint density at radius 2 is 1.87 bits per heavy atom. The molecule has 1 aromatic rings. The zero-order valence-electron chi connectivity index (χ0n) is 11.5. The van der Waals surface area contributed by atoms with Crippen molar-refractivity contribution in [2.45, 2.75) is 31.8 Å². The van der Waals surface area contributed by atoms with Crippen LogP contribution in [0.25, 0.3) is 0 Å². The minimum atomic E-state index is -5.17. The molecule has 0 aromatic carbocycles. The molecule has 0 aliphatic carbocycles. The van der Waals surface area contributed by atoms with E-state index in [9.17, 15) is 31.1 Å². The number of alkyl halides is 7. The summed E-state index contributed by atoms with van der Waals surface area (Å²) >= 11 is 5.34. The van der Waals surface area contributed by atoms with E-state index < -0.39 is 53.5 Å². The first-order valence-electron chi connectivity index (χ1n) is 6.05. The van der Waals surface area contributed by atoms with Crippen LogP contribution in [-0.4, -0.2) is 23.9 Å². The average molecular weight is 366 g/mol. The third-order valence-corrected chi connectivity index (χ3v) is 2.71. The van der Waals surface area contributed by atoms with Gasteiger partial charge in [-0.05, 0) is 13.0 Å². The first-order chi connectivity index (χ1) is 10.5. The summed E-state index contributed by atoms with van der Waals surface area (Å²) in [7, 11) is 0. The molecular formula is C12H10ClF6NO3. The average Bonchev–Trinajstić information content (AvgIpc) is 2.35. The van der Waals surface area contributed by atoms with Crippen LogP contribution >= 0.6 is 11.6 Å². The van der Waals surface area contributed by atoms with Crippen LogP contribution in [0, 0.1) is 0 Å². The van der Waals surface area contributed by atoms with E-state index in [1.165, 1.54) is 6.92 Å². The van der Waals surface area contributed by atoms with Crippen molar-refractivity contribution in [2.24, 2.45) is 0 Å². The van der Waals surface area contributed by atoms with E-state index >= 15 is 0 Å². The van der Waals surface area contributed by atoms with Crippen LogP contribution in [-0.2, 0) is 28.0 Å². The Morgan fingerprint density at radius 3 is 2.30 bits per heavy atom. The second-order valence-corrected chi connectivity index (χ2v) is 4.38. The van der Waals surface area contributed by atoms with Gasteiger partial charge in [0.2, 0.25) is 5.88 Å². The van der Waals surface area contributed by atoms with E-state index in [1.807, 2.05) is 0 Å². The number of rotatable bonds is 5. The molecule has 0 N–H and O–H groups in total. The molecule has 1 heterocycles. The lowest BCUT2D eigenvalue weighted by Crippen LogP contribution is -2.22. The maximum atomic E-state index is 13.0. The van der Waals surface area contributed by atoms with Crippen molar-refractivity contribution in [1.29, 1.82) is 0 Å². The summed E-state index contributed by atoms with van der Waals surface area (Å²) in [4.78, 5) is 14.5. The van der Waals surface area contributed by atoms with E-state index in [2.05, 4.69) is 14.5 Å². The molecule has 1 rings (SSSR count). The zero-order valence-corrected chi connectivity index (χ0v) is 12.3. The minimum Gasteiger partial charge on any atom is -0.466 e. The predicted octanol–water partition coefficient (Wildman–Crippen LogP) is 3.84. The summed E-state index contributed by atoms with van der Waals surface area (Å²) in [6, 6.07) is 0.371. The Balaban J connectivity index is 3.37. The quantitative estimate of drug-likeness (QED) is 0.452. The van der Waals surface area contributed by atoms with Crippen molar-refractivity contribution in [3.8, 4) is 5.88 Å². The molecule has 4 nitrogen and oxygen atoms in total. The lowest BCUT2D eigenvalue weighted by Gasteiger charge is -2.17. The van der Waals surface area contributed by atoms with Crippen LogP contribution < -0.4 is 4.74 Å². The third kappa shape index (κ3) is 5.77. The van der Waals surface area contributed by atoms with Crippen LogP contribution in [0.1, 0.15) is 23.7 Å². The number of pyridine rings is 1. The van der Waals surface area contributed by atoms with Crippen LogP contribution in [0.15, 0.2) is 6.07 Å². The molecule has 0 saturated carbocycles. The van der Waals surface area contributed by atoms with E-state index in [-0.39, 0.29) is 6.61 Å². The number of hydrogen-bond donors (Lipinski definition) is 0. The zero-order chi connectivity index (χ0) is 17.8. The molecule has 0 saturated heterocycles. The van der Waals surface area contributed by atoms with Gasteiger partial charge in [0.15, 0.2) is 0 Å². The highest BCUT2D eigenvalue weighted by Crippen LogP contribution is 2.36. The van der Waals surface area contributed by atoms with Gasteiger partial charge in [0.05, 0.1) is 30.2 Å². The molecule has 0 spiro atoms. The van der Waals surface area contributed by atoms with Crippen molar-refractivity contribution in [3.05, 3.63) is 22.9 Å². The van der Waals surface area contributed by atoms with E-state index in [0.717, 1.165) is 0 Å². The van der Waals surface area contributed by atoms with E-state index in [4.69, 9.17) is 11.6 Å². The largest absolute Gasteiger partial charge is 0.574 e. The molecular weight excluding hydrogens is 356 g/mol. The summed E-state index contributed by atoms with van der Waals surface area (Å²) in [5.41, 5.74) is -2.93. The lowest BCUT2D eigenvalue weighted by atomic mass is 10.1. The molecule has 0 aliphatic heterocycles. The lowest BCUT2D eigenvalue weighted by molar-refractivity contribution is -0.276. The Morgan fingerprint density at radius 1 is 1.26 bits per heavy atom. The van der Waals surface area contributed by atoms with Gasteiger partial charge in [-0.1, -0.05) is 0 Å². The number of esters is 1. The molecule has 0 fully saturated rings. The van der Waals surface area contributed by atoms with Crippen LogP contribution in [0.5, 0.6) is 5.88 Å². The van der Waals surface area contributed by atoms with Crippen LogP contribution in [0.4, 0.5) is 26.3 Å². The van der Waals surface area contributed by atoms with Crippen molar-refractivity contribution >= 4 is 17.6 Å². The van der Waals surface area contributed by atoms with Gasteiger partial charge in [0.25, 0.3) is 0 Å². The maximum Gasteiger partial charge on any atom is 0.574 e. The molecule has 0 bridgehead atoms. The number of ether oxygens (including phenoxy) is 2. The Kier molecular flexibility index (Phi) is 6.09. The number of aromatic nitrogens is 1. The van der Waals surface area contributed by atoms with Gasteiger partial charge >= 0.3 is 18.5 Å². The maximum absolute atomic E-state index is 13.0. The number of nitrogens with zero attached hydrogens (tertiary/aromatic N) is 1. The summed E-state index contributed by atoms with van der Waals surface area (Å²) in [6.45, 7) is 1.32. The summed E-state index contributed by atoms with van der Waals surface area (Å²) < 4.78 is 83.8. The molecule has 1 aromatic heterocycles. The Labute approximate surface area is 131 Å². The smallest absolute Gasteiger partial charge is 0.466 e. The molecule has 0 amide bonds. The molecule has 130 valence electrons. The predicted molar refractivity (Wildman–Crippen MR) is 65.8 cm³/mol. The Hall–Kier alpha value is -1.71. The fourth-order valence-corrected chi connectivity index (χ4v) is 1.79. The highest BCUT2D eigenvalue weighted by molar-refractivity contribution is 6.17. The molecule has 0 aliphatic rings. The highest BCUT2D eigenvalue weighted by Gasteiger charge is 2.38. The fraction of sp³-hybridized carbons (Fsp3) is 0.500. The number of carbonyl (C=O) groups is 1. The molecule has 0 radical (unpaired) electrons. The number of carbonyl (C=O) groups excluding carboxylic acids is 1. The third-order valence-electron chi connectivity index (χ3n) is 2.42. The van der Waals surface area contributed by atoms with Crippen LogP contribution in [0.2, 0.25) is 0 Å². The molecule has 11 heteroatoms. The second kappa shape index (κ2) is 7.24. The summed E-state index contributed by atoms with van der Waals surface area (Å²) in [5, 5.41) is 0. The van der Waals surface area contributed by atoms with Gasteiger partial charge in [-0.25, -0.2) is 4.98 Å². The van der Waals surface area contributed by atoms with E-state index in [0.29, 0.717) is 6.07 Å². The van der Waals surface area contributed by atoms with Gasteiger partial charge in [-0.15, -0.1) is 24.8 Å². The first-order valence-corrected chi connectivity index (χ1v) is 6.58. The van der Waals surface area contributed by atoms with Gasteiger partial charge in [0, 0.05) is 5.56 Å². The normalized spacial score (nSPS) is 12.2. The number of halogens is 7. The van der Waals surface area contributed by atoms with Crippen molar-refractivity contribution in [2.75, 3.05) is 6.61 Å². The van der Waals surface area contributed by atoms with Gasteiger partial charge < -0.3 is 9.47 Å². The van der Waals surface area contributed by atoms with Crippen molar-refractivity contribution < 1.29 is 40.6 Å². The SMILES string of the molecule is CCOC(=O)Cc1nc(OC(F)(F)F)c(CCl)cc1C(F)(F)F. The number of hydrogen-bond acceptors (Lipinski definition) is 4. The van der Waals surface area contributed by atoms with Gasteiger partial charge in [0.1, 0.15) is 0 Å². The highest BCUT2D eigenvalue weighted by atomic mass is 35.5. The van der Waals surface area contributed by atoms with Gasteiger partial charge in [-0.3, -0.25) is 4.79 Å². The van der Waals surface area contributed by atoms with Crippen molar-refractivity contribution in [3.63, 3.8) is 0 Å². The van der Waals surface area contributed by atoms with Crippen molar-refractivity contribution in [1.82, 2.24) is 4.98 Å². The Bertz CT molecular complexity index is 573. The van der Waals surface area contributed by atoms with E-state index in [1.54, 1.807) is 0 Å². The minimum absolute atomic E-state index is 0.105. The molecule has 23 heavy (non-hydrogen) atoms. The standard InChI is InChI=1S/C12H10ClF6NO3/c1-2-22-9(21)4-8-7(11(14,15)16)3-6(5-13)10(20-8)23-12(17,18)19/h3H,2,4-5H2,1H3. The molecule has 0 unspecified atom stereocenters. The fourth-order valence-electron chi connectivity index (χ4n) is 1.60. The topological polar surface area (TPSA) is 48.4 Å². The summed E-state index contributed by atoms with van der Waals surface area (Å²) in [5.74, 6) is -2.90. The monoisotopic (exact) mass is 365 g/mol. The summed E-state index contributed by atoms with van der Waals surface area (Å²) in [6.07, 6.45) is -11.1. The second-order valence-electron chi connectivity index (χ2n) is 4.11. The molecule has 0 atom stereocenters. The first kappa shape index (κ1) is 19.3.